The van der Waals surface area contributed by atoms with Gasteiger partial charge in [-0.05, 0) is 19.1 Å². The van der Waals surface area contributed by atoms with Crippen LogP contribution in [0.1, 0.15) is 6.92 Å². The second-order valence-corrected chi connectivity index (χ2v) is 2.99. The first-order valence-corrected chi connectivity index (χ1v) is 4.52. The minimum atomic E-state index is -0.604. The van der Waals surface area contributed by atoms with Crippen molar-refractivity contribution >= 4 is 10.8 Å². The van der Waals surface area contributed by atoms with Crippen LogP contribution in [0.4, 0.5) is 0 Å². The van der Waals surface area contributed by atoms with Gasteiger partial charge in [-0.2, -0.15) is 0 Å². The van der Waals surface area contributed by atoms with E-state index in [-0.39, 0.29) is 11.1 Å². The van der Waals surface area contributed by atoms with Gasteiger partial charge in [0.05, 0.1) is 6.61 Å². The zero-order valence-electron chi connectivity index (χ0n) is 8.11. The van der Waals surface area contributed by atoms with Gasteiger partial charge in [0, 0.05) is 11.5 Å². The number of phenols is 1. The average molecular weight is 205 g/mol. The number of aromatic hydroxyl groups is 1. The molecule has 1 radical (unpaired) electrons. The van der Waals surface area contributed by atoms with Crippen LogP contribution in [-0.4, -0.2) is 11.7 Å². The molecule has 2 rings (SSSR count). The number of hydrogen-bond donors (Lipinski definition) is 1. The van der Waals surface area contributed by atoms with E-state index in [0.29, 0.717) is 17.7 Å². The molecule has 0 spiro atoms. The Balaban J connectivity index is 2.73. The maximum atomic E-state index is 11.3. The number of benzene rings is 1. The van der Waals surface area contributed by atoms with Crippen molar-refractivity contribution in [3.63, 3.8) is 0 Å². The lowest BCUT2D eigenvalue weighted by Gasteiger charge is -2.05. The third-order valence-corrected chi connectivity index (χ3v) is 2.00. The van der Waals surface area contributed by atoms with Gasteiger partial charge in [-0.1, -0.05) is 0 Å². The Morgan fingerprint density at radius 2 is 2.33 bits per heavy atom. The SMILES string of the molecule is CCOc1cc(O)c2c(=O)o[c]cc2c1. The van der Waals surface area contributed by atoms with Gasteiger partial charge < -0.3 is 14.3 Å². The average Bonchev–Trinajstić information content (AvgIpc) is 2.17. The third-order valence-electron chi connectivity index (χ3n) is 2.00. The summed E-state index contributed by atoms with van der Waals surface area (Å²) in [6, 6.07) is 4.54. The molecule has 0 fully saturated rings. The summed E-state index contributed by atoms with van der Waals surface area (Å²) >= 11 is 0. The Kier molecular flexibility index (Phi) is 2.33. The molecule has 0 aliphatic carbocycles. The minimum Gasteiger partial charge on any atom is -0.507 e. The smallest absolute Gasteiger partial charge is 0.348 e. The zero-order chi connectivity index (χ0) is 10.8. The Morgan fingerprint density at radius 3 is 3.07 bits per heavy atom. The van der Waals surface area contributed by atoms with Crippen molar-refractivity contribution in [1.29, 1.82) is 0 Å². The highest BCUT2D eigenvalue weighted by molar-refractivity contribution is 5.87. The van der Waals surface area contributed by atoms with Crippen LogP contribution >= 0.6 is 0 Å². The Hall–Kier alpha value is -1.97. The van der Waals surface area contributed by atoms with Crippen LogP contribution < -0.4 is 10.4 Å². The zero-order valence-corrected chi connectivity index (χ0v) is 8.11. The summed E-state index contributed by atoms with van der Waals surface area (Å²) in [4.78, 5) is 11.3. The number of hydrogen-bond acceptors (Lipinski definition) is 4. The van der Waals surface area contributed by atoms with Crippen molar-refractivity contribution in [1.82, 2.24) is 0 Å². The predicted octanol–water partition coefficient (Wildman–Crippen LogP) is 1.70. The molecular weight excluding hydrogens is 196 g/mol. The van der Waals surface area contributed by atoms with Gasteiger partial charge in [0.1, 0.15) is 16.9 Å². The first-order chi connectivity index (χ1) is 7.22. The number of rotatable bonds is 2. The standard InChI is InChI=1S/C11H9O4/c1-2-14-8-5-7-3-4-15-11(13)10(7)9(12)6-8/h3,5-6,12H,2H2,1H3. The molecule has 1 aromatic carbocycles. The van der Waals surface area contributed by atoms with Crippen molar-refractivity contribution in [2.45, 2.75) is 6.92 Å². The molecule has 0 aliphatic heterocycles. The van der Waals surface area contributed by atoms with Crippen LogP contribution in [0, 0.1) is 6.26 Å². The third kappa shape index (κ3) is 1.66. The molecule has 1 heterocycles. The van der Waals surface area contributed by atoms with E-state index in [1.807, 2.05) is 6.92 Å². The molecule has 15 heavy (non-hydrogen) atoms. The lowest BCUT2D eigenvalue weighted by atomic mass is 10.1. The first-order valence-electron chi connectivity index (χ1n) is 4.52. The van der Waals surface area contributed by atoms with Crippen LogP contribution in [0.2, 0.25) is 0 Å². The molecule has 0 saturated carbocycles. The molecule has 0 atom stereocenters. The molecular formula is C11H9O4. The van der Waals surface area contributed by atoms with E-state index < -0.39 is 5.63 Å². The molecule has 0 bridgehead atoms. The van der Waals surface area contributed by atoms with E-state index >= 15 is 0 Å². The second-order valence-electron chi connectivity index (χ2n) is 2.99. The van der Waals surface area contributed by atoms with Crippen LogP contribution in [-0.2, 0) is 0 Å². The minimum absolute atomic E-state index is 0.140. The fraction of sp³-hybridized carbons (Fsp3) is 0.182. The lowest BCUT2D eigenvalue weighted by molar-refractivity contribution is 0.338. The van der Waals surface area contributed by atoms with E-state index in [2.05, 4.69) is 10.7 Å². The highest BCUT2D eigenvalue weighted by atomic mass is 16.5. The van der Waals surface area contributed by atoms with E-state index in [9.17, 15) is 9.90 Å². The van der Waals surface area contributed by atoms with E-state index in [0.717, 1.165) is 0 Å². The molecule has 4 heteroatoms. The highest BCUT2D eigenvalue weighted by Gasteiger charge is 2.08. The van der Waals surface area contributed by atoms with Gasteiger partial charge in [-0.15, -0.1) is 0 Å². The Labute approximate surface area is 85.7 Å². The van der Waals surface area contributed by atoms with Gasteiger partial charge >= 0.3 is 5.63 Å². The van der Waals surface area contributed by atoms with E-state index in [1.165, 1.54) is 12.1 Å². The Morgan fingerprint density at radius 1 is 1.53 bits per heavy atom. The van der Waals surface area contributed by atoms with Crippen molar-refractivity contribution in [2.75, 3.05) is 6.61 Å². The van der Waals surface area contributed by atoms with Crippen molar-refractivity contribution in [2.24, 2.45) is 0 Å². The van der Waals surface area contributed by atoms with Crippen LogP contribution in [0.3, 0.4) is 0 Å². The first kappa shape index (κ1) is 9.58. The molecule has 1 aromatic heterocycles. The predicted molar refractivity (Wildman–Crippen MR) is 54.2 cm³/mol. The fourth-order valence-corrected chi connectivity index (χ4v) is 1.41. The van der Waals surface area contributed by atoms with Crippen molar-refractivity contribution in [3.8, 4) is 11.5 Å². The molecule has 4 nitrogen and oxygen atoms in total. The summed E-state index contributed by atoms with van der Waals surface area (Å²) in [5, 5.41) is 10.3. The summed E-state index contributed by atoms with van der Waals surface area (Å²) in [7, 11) is 0. The number of fused-ring (bicyclic) bond motifs is 1. The van der Waals surface area contributed by atoms with Crippen LogP contribution in [0.15, 0.2) is 27.4 Å². The largest absolute Gasteiger partial charge is 0.507 e. The molecule has 0 amide bonds. The number of ether oxygens (including phenoxy) is 1. The van der Waals surface area contributed by atoms with Gasteiger partial charge in [-0.3, -0.25) is 0 Å². The summed E-state index contributed by atoms with van der Waals surface area (Å²) in [6.45, 7) is 2.34. The van der Waals surface area contributed by atoms with Crippen LogP contribution in [0.5, 0.6) is 11.5 Å². The molecule has 0 aliphatic rings. The second kappa shape index (κ2) is 3.65. The fourth-order valence-electron chi connectivity index (χ4n) is 1.41. The molecule has 0 unspecified atom stereocenters. The number of phenolic OH excluding ortho intramolecular Hbond substituents is 1. The highest BCUT2D eigenvalue weighted by Crippen LogP contribution is 2.27. The summed E-state index contributed by atoms with van der Waals surface area (Å²) in [5.41, 5.74) is -0.604. The maximum absolute atomic E-state index is 11.3. The lowest BCUT2D eigenvalue weighted by Crippen LogP contribution is -1.99. The monoisotopic (exact) mass is 205 g/mol. The van der Waals surface area contributed by atoms with Gasteiger partial charge in [-0.25, -0.2) is 4.79 Å². The van der Waals surface area contributed by atoms with Crippen molar-refractivity contribution < 1.29 is 14.3 Å². The molecule has 77 valence electrons. The quantitative estimate of drug-likeness (QED) is 0.810. The topological polar surface area (TPSA) is 59.7 Å². The summed E-state index contributed by atoms with van der Waals surface area (Å²) < 4.78 is 9.77. The van der Waals surface area contributed by atoms with Crippen LogP contribution in [0.25, 0.3) is 10.8 Å². The maximum Gasteiger partial charge on any atom is 0.348 e. The molecule has 0 saturated heterocycles. The van der Waals surface area contributed by atoms with Crippen molar-refractivity contribution in [3.05, 3.63) is 34.9 Å². The summed E-state index contributed by atoms with van der Waals surface area (Å²) in [6.07, 6.45) is 2.35. The molecule has 2 aromatic rings. The Bertz CT molecular complexity index is 542. The summed E-state index contributed by atoms with van der Waals surface area (Å²) in [5.74, 6) is 0.375. The van der Waals surface area contributed by atoms with Gasteiger partial charge in [0.15, 0.2) is 6.26 Å². The normalized spacial score (nSPS) is 10.5. The van der Waals surface area contributed by atoms with Gasteiger partial charge in [0.25, 0.3) is 0 Å². The van der Waals surface area contributed by atoms with E-state index in [1.54, 1.807) is 6.07 Å². The van der Waals surface area contributed by atoms with Gasteiger partial charge in [0.2, 0.25) is 0 Å². The molecule has 1 N–H and O–H groups in total. The van der Waals surface area contributed by atoms with E-state index in [4.69, 9.17) is 4.74 Å².